The third-order valence-electron chi connectivity index (χ3n) is 2.68. The van der Waals surface area contributed by atoms with Gasteiger partial charge in [0.05, 0.1) is 0 Å². The molecule has 2 rings (SSSR count). The minimum absolute atomic E-state index is 0.0266. The van der Waals surface area contributed by atoms with E-state index < -0.39 is 10.0 Å². The van der Waals surface area contributed by atoms with Crippen molar-refractivity contribution in [2.75, 3.05) is 6.54 Å². The summed E-state index contributed by atoms with van der Waals surface area (Å²) in [5, 5.41) is 17.0. The van der Waals surface area contributed by atoms with E-state index in [1.54, 1.807) is 18.2 Å². The molecule has 1 heterocycles. The molecular formula is C13H14N2O4S2. The molecule has 0 bridgehead atoms. The van der Waals surface area contributed by atoms with E-state index in [-0.39, 0.29) is 15.9 Å². The van der Waals surface area contributed by atoms with Crippen LogP contribution < -0.4 is 10.5 Å². The van der Waals surface area contributed by atoms with Gasteiger partial charge in [-0.3, -0.25) is 4.79 Å². The van der Waals surface area contributed by atoms with E-state index >= 15 is 0 Å². The Kier molecular flexibility index (Phi) is 4.61. The quantitative estimate of drug-likeness (QED) is 0.763. The van der Waals surface area contributed by atoms with Crippen molar-refractivity contribution < 1.29 is 18.3 Å². The summed E-state index contributed by atoms with van der Waals surface area (Å²) < 4.78 is 22.4. The first-order chi connectivity index (χ1) is 9.86. The van der Waals surface area contributed by atoms with Crippen LogP contribution in [0.5, 0.6) is 5.75 Å². The second-order valence-corrected chi connectivity index (χ2v) is 7.28. The van der Waals surface area contributed by atoms with Gasteiger partial charge < -0.3 is 10.4 Å². The molecule has 0 aliphatic heterocycles. The number of benzene rings is 1. The Morgan fingerprint density at radius 3 is 2.67 bits per heavy atom. The van der Waals surface area contributed by atoms with Crippen molar-refractivity contribution in [1.82, 2.24) is 5.32 Å². The zero-order valence-electron chi connectivity index (χ0n) is 10.9. The van der Waals surface area contributed by atoms with Crippen LogP contribution >= 0.6 is 11.3 Å². The van der Waals surface area contributed by atoms with Crippen LogP contribution in [0.15, 0.2) is 40.6 Å². The number of hydrogen-bond acceptors (Lipinski definition) is 5. The van der Waals surface area contributed by atoms with Crippen LogP contribution in [0.3, 0.4) is 0 Å². The van der Waals surface area contributed by atoms with E-state index in [4.69, 9.17) is 5.14 Å². The van der Waals surface area contributed by atoms with E-state index in [0.29, 0.717) is 18.5 Å². The van der Waals surface area contributed by atoms with Crippen molar-refractivity contribution in [3.8, 4) is 5.75 Å². The van der Waals surface area contributed by atoms with Gasteiger partial charge in [-0.05, 0) is 36.8 Å². The molecule has 0 atom stereocenters. The summed E-state index contributed by atoms with van der Waals surface area (Å²) in [5.41, 5.74) is 0.367. The van der Waals surface area contributed by atoms with Crippen molar-refractivity contribution in [2.24, 2.45) is 5.14 Å². The molecule has 6 nitrogen and oxygen atoms in total. The molecule has 2 aromatic rings. The summed E-state index contributed by atoms with van der Waals surface area (Å²) >= 11 is 1.09. The van der Waals surface area contributed by atoms with E-state index in [0.717, 1.165) is 16.2 Å². The lowest BCUT2D eigenvalue weighted by Crippen LogP contribution is -2.25. The summed E-state index contributed by atoms with van der Waals surface area (Å²) in [4.78, 5) is 12.6. The Bertz CT molecular complexity index is 753. The largest absolute Gasteiger partial charge is 0.508 e. The number of carbonyl (C=O) groups excluding carboxylic acids is 1. The van der Waals surface area contributed by atoms with Crippen LogP contribution in [0.1, 0.15) is 15.2 Å². The van der Waals surface area contributed by atoms with Crippen LogP contribution in [-0.2, 0) is 16.4 Å². The summed E-state index contributed by atoms with van der Waals surface area (Å²) in [6, 6.07) is 9.16. The molecular weight excluding hydrogens is 312 g/mol. The maximum absolute atomic E-state index is 11.8. The molecule has 0 radical (unpaired) electrons. The van der Waals surface area contributed by atoms with E-state index in [1.807, 2.05) is 0 Å². The SMILES string of the molecule is NS(=O)(=O)c1ccc(CCNC(=O)c2cccc(O)c2)s1. The van der Waals surface area contributed by atoms with E-state index in [9.17, 15) is 18.3 Å². The van der Waals surface area contributed by atoms with Gasteiger partial charge >= 0.3 is 0 Å². The van der Waals surface area contributed by atoms with E-state index in [1.165, 1.54) is 18.2 Å². The molecule has 0 aliphatic carbocycles. The number of hydrogen-bond donors (Lipinski definition) is 3. The fourth-order valence-electron chi connectivity index (χ4n) is 1.69. The summed E-state index contributed by atoms with van der Waals surface area (Å²) in [5.74, 6) is -0.271. The van der Waals surface area contributed by atoms with Crippen LogP contribution in [0, 0.1) is 0 Å². The molecule has 4 N–H and O–H groups in total. The van der Waals surface area contributed by atoms with Gasteiger partial charge in [0.15, 0.2) is 0 Å². The molecule has 0 saturated heterocycles. The van der Waals surface area contributed by atoms with Gasteiger partial charge in [-0.1, -0.05) is 6.07 Å². The smallest absolute Gasteiger partial charge is 0.251 e. The number of aromatic hydroxyl groups is 1. The number of phenolic OH excluding ortho intramolecular Hbond substituents is 1. The Morgan fingerprint density at radius 1 is 1.29 bits per heavy atom. The zero-order valence-corrected chi connectivity index (χ0v) is 12.6. The first-order valence-electron chi connectivity index (χ1n) is 6.05. The molecule has 0 aliphatic rings. The average Bonchev–Trinajstić information content (AvgIpc) is 2.87. The van der Waals surface area contributed by atoms with Crippen LogP contribution in [0.25, 0.3) is 0 Å². The highest BCUT2D eigenvalue weighted by molar-refractivity contribution is 7.91. The maximum Gasteiger partial charge on any atom is 0.251 e. The predicted octanol–water partition coefficient (Wildman–Crippen LogP) is 1.07. The highest BCUT2D eigenvalue weighted by atomic mass is 32.2. The molecule has 0 spiro atoms. The highest BCUT2D eigenvalue weighted by Crippen LogP contribution is 2.20. The number of nitrogens with two attached hydrogens (primary N) is 1. The van der Waals surface area contributed by atoms with Gasteiger partial charge in [0, 0.05) is 17.0 Å². The summed E-state index contributed by atoms with van der Waals surface area (Å²) in [6.45, 7) is 0.360. The number of sulfonamides is 1. The topological polar surface area (TPSA) is 109 Å². The van der Waals surface area contributed by atoms with Crippen molar-refractivity contribution in [3.05, 3.63) is 46.8 Å². The second kappa shape index (κ2) is 6.25. The molecule has 0 unspecified atom stereocenters. The zero-order chi connectivity index (χ0) is 15.5. The number of carbonyl (C=O) groups is 1. The highest BCUT2D eigenvalue weighted by Gasteiger charge is 2.11. The number of phenols is 1. The van der Waals surface area contributed by atoms with Crippen molar-refractivity contribution >= 4 is 27.3 Å². The van der Waals surface area contributed by atoms with Crippen LogP contribution in [0.4, 0.5) is 0 Å². The minimum Gasteiger partial charge on any atom is -0.508 e. The first-order valence-corrected chi connectivity index (χ1v) is 8.41. The molecule has 112 valence electrons. The standard InChI is InChI=1S/C13H14N2O4S2/c14-21(18,19)12-5-4-11(20-12)6-7-15-13(17)9-2-1-3-10(16)8-9/h1-5,8,16H,6-7H2,(H,15,17)(H2,14,18,19). The third kappa shape index (κ3) is 4.28. The van der Waals surface area contributed by atoms with Gasteiger partial charge in [-0.25, -0.2) is 13.6 Å². The van der Waals surface area contributed by atoms with Crippen LogP contribution in [-0.4, -0.2) is 26.0 Å². The Morgan fingerprint density at radius 2 is 2.05 bits per heavy atom. The monoisotopic (exact) mass is 326 g/mol. The Labute approximate surface area is 126 Å². The number of amides is 1. The average molecular weight is 326 g/mol. The molecule has 1 aromatic carbocycles. The first kappa shape index (κ1) is 15.5. The maximum atomic E-state index is 11.8. The number of nitrogens with one attached hydrogen (secondary N) is 1. The molecule has 1 amide bonds. The van der Waals surface area contributed by atoms with Gasteiger partial charge in [0.2, 0.25) is 10.0 Å². The van der Waals surface area contributed by atoms with Crippen molar-refractivity contribution in [2.45, 2.75) is 10.6 Å². The second-order valence-electron chi connectivity index (χ2n) is 4.32. The van der Waals surface area contributed by atoms with Crippen LogP contribution in [0.2, 0.25) is 0 Å². The normalized spacial score (nSPS) is 11.3. The predicted molar refractivity (Wildman–Crippen MR) is 79.8 cm³/mol. The van der Waals surface area contributed by atoms with E-state index in [2.05, 4.69) is 5.32 Å². The minimum atomic E-state index is -3.67. The summed E-state index contributed by atoms with van der Waals surface area (Å²) in [6.07, 6.45) is 0.505. The lowest BCUT2D eigenvalue weighted by molar-refractivity contribution is 0.0954. The molecule has 0 fully saturated rings. The van der Waals surface area contributed by atoms with Gasteiger partial charge in [0.25, 0.3) is 5.91 Å². The number of rotatable bonds is 5. The lowest BCUT2D eigenvalue weighted by atomic mass is 10.2. The molecule has 0 saturated carbocycles. The molecule has 21 heavy (non-hydrogen) atoms. The summed E-state index contributed by atoms with van der Waals surface area (Å²) in [7, 11) is -3.67. The number of primary sulfonamides is 1. The van der Waals surface area contributed by atoms with Crippen molar-refractivity contribution in [1.29, 1.82) is 0 Å². The molecule has 1 aromatic heterocycles. The lowest BCUT2D eigenvalue weighted by Gasteiger charge is -2.04. The van der Waals surface area contributed by atoms with Gasteiger partial charge in [0.1, 0.15) is 9.96 Å². The third-order valence-corrected chi connectivity index (χ3v) is 5.27. The fraction of sp³-hybridized carbons (Fsp3) is 0.154. The van der Waals surface area contributed by atoms with Gasteiger partial charge in [-0.2, -0.15) is 0 Å². The van der Waals surface area contributed by atoms with Gasteiger partial charge in [-0.15, -0.1) is 11.3 Å². The fourth-order valence-corrected chi connectivity index (χ4v) is 3.47. The number of thiophene rings is 1. The molecule has 8 heteroatoms. The van der Waals surface area contributed by atoms with Crippen molar-refractivity contribution in [3.63, 3.8) is 0 Å². The Hall–Kier alpha value is -1.90. The Balaban J connectivity index is 1.90.